The largest absolute Gasteiger partial charge is 0.444 e. The van der Waals surface area contributed by atoms with Gasteiger partial charge in [-0.25, -0.2) is 4.79 Å². The first-order valence-electron chi connectivity index (χ1n) is 9.85. The van der Waals surface area contributed by atoms with Crippen molar-refractivity contribution in [2.45, 2.75) is 26.4 Å². The lowest BCUT2D eigenvalue weighted by Gasteiger charge is -2.37. The van der Waals surface area contributed by atoms with Crippen LogP contribution in [0.25, 0.3) is 0 Å². The van der Waals surface area contributed by atoms with E-state index in [0.29, 0.717) is 31.7 Å². The van der Waals surface area contributed by atoms with Crippen molar-refractivity contribution in [1.29, 1.82) is 0 Å². The minimum Gasteiger partial charge on any atom is -0.444 e. The highest BCUT2D eigenvalue weighted by Gasteiger charge is 2.28. The molecular formula is C22H26N4O3. The van der Waals surface area contributed by atoms with Crippen LogP contribution in [-0.2, 0) is 4.74 Å². The highest BCUT2D eigenvalue weighted by atomic mass is 16.6. The Balaban J connectivity index is 1.56. The molecule has 29 heavy (non-hydrogen) atoms. The Morgan fingerprint density at radius 2 is 1.59 bits per heavy atom. The van der Waals surface area contributed by atoms with Crippen LogP contribution < -0.4 is 15.5 Å². The van der Waals surface area contributed by atoms with Crippen molar-refractivity contribution in [1.82, 2.24) is 4.90 Å². The molecule has 1 saturated heterocycles. The maximum Gasteiger partial charge on any atom is 0.410 e. The van der Waals surface area contributed by atoms with E-state index in [0.717, 1.165) is 22.7 Å². The van der Waals surface area contributed by atoms with E-state index in [1.54, 1.807) is 4.90 Å². The van der Waals surface area contributed by atoms with E-state index in [1.807, 2.05) is 63.2 Å². The van der Waals surface area contributed by atoms with Gasteiger partial charge in [-0.3, -0.25) is 4.79 Å². The lowest BCUT2D eigenvalue weighted by Crippen LogP contribution is -2.50. The van der Waals surface area contributed by atoms with Gasteiger partial charge in [-0.15, -0.1) is 0 Å². The molecule has 0 radical (unpaired) electrons. The Morgan fingerprint density at radius 1 is 0.931 bits per heavy atom. The molecule has 0 bridgehead atoms. The lowest BCUT2D eigenvalue weighted by molar-refractivity contribution is 0.0240. The van der Waals surface area contributed by atoms with Crippen LogP contribution in [-0.4, -0.2) is 48.7 Å². The molecule has 2 amide bonds. The molecule has 2 heterocycles. The fraction of sp³-hybridized carbons (Fsp3) is 0.364. The molecule has 0 saturated carbocycles. The molecule has 0 spiro atoms. The van der Waals surface area contributed by atoms with Crippen LogP contribution in [0.2, 0.25) is 0 Å². The van der Waals surface area contributed by atoms with E-state index in [4.69, 9.17) is 4.74 Å². The number of rotatable bonds is 1. The average Bonchev–Trinajstić information content (AvgIpc) is 2.82. The van der Waals surface area contributed by atoms with E-state index in [9.17, 15) is 9.59 Å². The van der Waals surface area contributed by atoms with E-state index in [2.05, 4.69) is 15.5 Å². The van der Waals surface area contributed by atoms with Crippen LogP contribution >= 0.6 is 0 Å². The van der Waals surface area contributed by atoms with Crippen molar-refractivity contribution in [3.8, 4) is 0 Å². The summed E-state index contributed by atoms with van der Waals surface area (Å²) in [6.07, 6.45) is -0.282. The minimum absolute atomic E-state index is 0.133. The van der Waals surface area contributed by atoms with E-state index in [1.165, 1.54) is 0 Å². The normalized spacial score (nSPS) is 16.2. The lowest BCUT2D eigenvalue weighted by atomic mass is 10.1. The summed E-state index contributed by atoms with van der Waals surface area (Å²) in [7, 11) is 0. The maximum absolute atomic E-state index is 12.7. The second-order valence-corrected chi connectivity index (χ2v) is 8.28. The third kappa shape index (κ3) is 3.99. The van der Waals surface area contributed by atoms with Crippen LogP contribution in [0.1, 0.15) is 31.1 Å². The van der Waals surface area contributed by atoms with Crippen molar-refractivity contribution in [3.63, 3.8) is 0 Å². The molecule has 0 aromatic heterocycles. The van der Waals surface area contributed by atoms with Crippen molar-refractivity contribution in [2.75, 3.05) is 41.7 Å². The smallest absolute Gasteiger partial charge is 0.410 e. The summed E-state index contributed by atoms with van der Waals surface area (Å²) in [6, 6.07) is 13.4. The molecule has 0 unspecified atom stereocenters. The van der Waals surface area contributed by atoms with Crippen molar-refractivity contribution in [3.05, 3.63) is 48.0 Å². The minimum atomic E-state index is -0.504. The molecule has 7 heteroatoms. The molecule has 0 atom stereocenters. The van der Waals surface area contributed by atoms with Gasteiger partial charge in [-0.05, 0) is 45.0 Å². The van der Waals surface area contributed by atoms with Gasteiger partial charge in [0.1, 0.15) is 5.60 Å². The summed E-state index contributed by atoms with van der Waals surface area (Å²) in [5.41, 5.74) is 3.47. The van der Waals surface area contributed by atoms with Crippen molar-refractivity contribution < 1.29 is 14.3 Å². The van der Waals surface area contributed by atoms with Gasteiger partial charge < -0.3 is 25.2 Å². The molecule has 7 nitrogen and oxygen atoms in total. The van der Waals surface area contributed by atoms with Crippen LogP contribution in [0.4, 0.5) is 27.5 Å². The number of hydrogen-bond acceptors (Lipinski definition) is 5. The third-order valence-corrected chi connectivity index (χ3v) is 4.99. The Hall–Kier alpha value is -3.22. The number of carbonyl (C=O) groups is 2. The predicted octanol–water partition coefficient (Wildman–Crippen LogP) is 4.05. The molecule has 152 valence electrons. The molecule has 0 aliphatic carbocycles. The fourth-order valence-corrected chi connectivity index (χ4v) is 3.61. The first kappa shape index (κ1) is 19.1. The van der Waals surface area contributed by atoms with Gasteiger partial charge >= 0.3 is 6.09 Å². The van der Waals surface area contributed by atoms with Crippen molar-refractivity contribution in [2.24, 2.45) is 0 Å². The van der Waals surface area contributed by atoms with Gasteiger partial charge in [0.2, 0.25) is 0 Å². The van der Waals surface area contributed by atoms with Crippen LogP contribution in [0.3, 0.4) is 0 Å². The number of ether oxygens (including phenoxy) is 1. The monoisotopic (exact) mass is 394 g/mol. The summed E-state index contributed by atoms with van der Waals surface area (Å²) in [5.74, 6) is -0.133. The summed E-state index contributed by atoms with van der Waals surface area (Å²) in [4.78, 5) is 29.0. The predicted molar refractivity (Wildman–Crippen MR) is 114 cm³/mol. The molecule has 1 fully saturated rings. The average molecular weight is 394 g/mol. The van der Waals surface area contributed by atoms with Crippen LogP contribution in [0.5, 0.6) is 0 Å². The molecule has 2 aromatic rings. The number of carbonyl (C=O) groups excluding carboxylic acids is 2. The zero-order valence-corrected chi connectivity index (χ0v) is 17.0. The number of para-hydroxylation sites is 3. The number of piperazine rings is 1. The summed E-state index contributed by atoms with van der Waals surface area (Å²) in [5, 5.41) is 6.40. The number of fused-ring (bicyclic) bond motifs is 2. The van der Waals surface area contributed by atoms with E-state index in [-0.39, 0.29) is 12.0 Å². The first-order valence-corrected chi connectivity index (χ1v) is 9.85. The number of anilines is 4. The Bertz CT molecular complexity index is 943. The molecule has 4 rings (SSSR count). The highest BCUT2D eigenvalue weighted by Crippen LogP contribution is 2.38. The van der Waals surface area contributed by atoms with Crippen LogP contribution in [0.15, 0.2) is 42.5 Å². The summed E-state index contributed by atoms with van der Waals surface area (Å²) in [6.45, 7) is 8.09. The number of amides is 2. The SMILES string of the molecule is CC(C)(C)OC(=O)N1CCN(c2cccc3c2Nc2ccccc2NC3=O)CC1. The summed E-state index contributed by atoms with van der Waals surface area (Å²) >= 11 is 0. The fourth-order valence-electron chi connectivity index (χ4n) is 3.61. The Labute approximate surface area is 170 Å². The zero-order valence-electron chi connectivity index (χ0n) is 17.0. The van der Waals surface area contributed by atoms with Gasteiger partial charge in [0.05, 0.1) is 28.3 Å². The second kappa shape index (κ2) is 7.31. The van der Waals surface area contributed by atoms with Gasteiger partial charge in [0, 0.05) is 26.2 Å². The van der Waals surface area contributed by atoms with Gasteiger partial charge in [-0.2, -0.15) is 0 Å². The van der Waals surface area contributed by atoms with Gasteiger partial charge in [0.15, 0.2) is 0 Å². The topological polar surface area (TPSA) is 73.9 Å². The van der Waals surface area contributed by atoms with Gasteiger partial charge in [-0.1, -0.05) is 18.2 Å². The van der Waals surface area contributed by atoms with E-state index >= 15 is 0 Å². The Morgan fingerprint density at radius 3 is 2.24 bits per heavy atom. The number of hydrogen-bond donors (Lipinski definition) is 2. The molecule has 2 aliphatic rings. The summed E-state index contributed by atoms with van der Waals surface area (Å²) < 4.78 is 5.48. The number of nitrogens with one attached hydrogen (secondary N) is 2. The molecule has 2 aliphatic heterocycles. The quantitative estimate of drug-likeness (QED) is 0.763. The number of nitrogens with zero attached hydrogens (tertiary/aromatic N) is 2. The third-order valence-electron chi connectivity index (χ3n) is 4.99. The first-order chi connectivity index (χ1) is 13.8. The molecule has 2 aromatic carbocycles. The van der Waals surface area contributed by atoms with Gasteiger partial charge in [0.25, 0.3) is 5.91 Å². The standard InChI is InChI=1S/C22H26N4O3/c1-22(2,3)29-21(28)26-13-11-25(12-14-26)18-10-6-7-15-19(18)23-16-8-4-5-9-17(16)24-20(15)27/h4-10,23H,11-14H2,1-3H3,(H,24,27). The second-order valence-electron chi connectivity index (χ2n) is 8.28. The maximum atomic E-state index is 12.7. The Kier molecular flexibility index (Phi) is 4.82. The van der Waals surface area contributed by atoms with Crippen molar-refractivity contribution >= 4 is 34.7 Å². The number of benzene rings is 2. The van der Waals surface area contributed by atoms with Crippen LogP contribution in [0, 0.1) is 0 Å². The zero-order chi connectivity index (χ0) is 20.6. The molecular weight excluding hydrogens is 368 g/mol. The molecule has 2 N–H and O–H groups in total. The van der Waals surface area contributed by atoms with E-state index < -0.39 is 5.60 Å². The highest BCUT2D eigenvalue weighted by molar-refractivity contribution is 6.14.